The fourth-order valence-corrected chi connectivity index (χ4v) is 5.87. The monoisotopic (exact) mass is 550 g/mol. The number of pyridine rings is 1. The van der Waals surface area contributed by atoms with Gasteiger partial charge in [-0.3, -0.25) is 9.59 Å². The number of aliphatic hydroxyl groups is 1. The number of hydrogen-bond donors (Lipinski definition) is 2. The average molecular weight is 551 g/mol. The Hall–Kier alpha value is -3.81. The van der Waals surface area contributed by atoms with Gasteiger partial charge in [-0.15, -0.1) is 0 Å². The van der Waals surface area contributed by atoms with E-state index in [0.29, 0.717) is 17.7 Å². The highest BCUT2D eigenvalue weighted by Gasteiger charge is 2.45. The third-order valence-electron chi connectivity index (χ3n) is 8.36. The van der Waals surface area contributed by atoms with E-state index in [2.05, 4.69) is 11.9 Å². The van der Waals surface area contributed by atoms with E-state index >= 15 is 0 Å². The molecule has 0 unspecified atom stereocenters. The molecule has 0 bridgehead atoms. The minimum Gasteiger partial charge on any atom is -0.512 e. The second-order valence-corrected chi connectivity index (χ2v) is 11.2. The predicted octanol–water partition coefficient (Wildman–Crippen LogP) is 7.22. The molecule has 0 saturated heterocycles. The van der Waals surface area contributed by atoms with Crippen LogP contribution in [0.25, 0.3) is 0 Å². The Morgan fingerprint density at radius 2 is 1.75 bits per heavy atom. The molecule has 1 aromatic heterocycles. The number of benzene rings is 2. The summed E-state index contributed by atoms with van der Waals surface area (Å²) in [4.78, 5) is 25.8. The zero-order valence-corrected chi connectivity index (χ0v) is 22.2. The van der Waals surface area contributed by atoms with Crippen LogP contribution in [-0.2, 0) is 23.9 Å². The first-order valence-electron chi connectivity index (χ1n) is 13.7. The van der Waals surface area contributed by atoms with Crippen molar-refractivity contribution in [2.75, 3.05) is 5.32 Å². The number of nitrogens with zero attached hydrogens (tertiary/aromatic N) is 1. The molecule has 2 saturated carbocycles. The van der Waals surface area contributed by atoms with Crippen LogP contribution in [0.5, 0.6) is 0 Å². The first-order chi connectivity index (χ1) is 19.0. The van der Waals surface area contributed by atoms with E-state index in [1.165, 1.54) is 0 Å². The van der Waals surface area contributed by atoms with Gasteiger partial charge in [-0.1, -0.05) is 55.8 Å². The highest BCUT2D eigenvalue weighted by Crippen LogP contribution is 2.52. The number of halogens is 3. The second-order valence-electron chi connectivity index (χ2n) is 11.2. The molecule has 2 fully saturated rings. The highest BCUT2D eigenvalue weighted by molar-refractivity contribution is 5.96. The predicted molar refractivity (Wildman–Crippen MR) is 148 cm³/mol. The Labute approximate surface area is 231 Å². The van der Waals surface area contributed by atoms with Gasteiger partial charge in [-0.05, 0) is 72.9 Å². The number of amides is 1. The molecule has 8 heteroatoms. The Bertz CT molecular complexity index is 1450. The van der Waals surface area contributed by atoms with Crippen LogP contribution in [0.4, 0.5) is 18.9 Å². The number of hydrogen-bond acceptors (Lipinski definition) is 3. The molecule has 1 amide bonds. The lowest BCUT2D eigenvalue weighted by Crippen LogP contribution is -2.26. The summed E-state index contributed by atoms with van der Waals surface area (Å²) in [6.45, 7) is 3.73. The summed E-state index contributed by atoms with van der Waals surface area (Å²) in [6.07, 6.45) is 2.80. The summed E-state index contributed by atoms with van der Waals surface area (Å²) in [5.41, 5.74) is 1.59. The van der Waals surface area contributed by atoms with Gasteiger partial charge in [0.2, 0.25) is 5.91 Å². The summed E-state index contributed by atoms with van der Waals surface area (Å²) in [5, 5.41) is 13.1. The fraction of sp³-hybridized carbons (Fsp3) is 0.375. The minimum atomic E-state index is -4.53. The lowest BCUT2D eigenvalue weighted by molar-refractivity contribution is -0.138. The highest BCUT2D eigenvalue weighted by atomic mass is 19.4. The number of anilines is 1. The zero-order valence-electron chi connectivity index (χ0n) is 22.2. The first kappa shape index (κ1) is 27.7. The van der Waals surface area contributed by atoms with Crippen molar-refractivity contribution >= 4 is 11.6 Å². The van der Waals surface area contributed by atoms with Crippen molar-refractivity contribution in [2.24, 2.45) is 11.3 Å². The Morgan fingerprint density at radius 1 is 1.05 bits per heavy atom. The van der Waals surface area contributed by atoms with Crippen molar-refractivity contribution in [2.45, 2.75) is 63.6 Å². The first-order valence-corrected chi connectivity index (χ1v) is 13.7. The standard InChI is InChI=1S/C32H33F3N2O3/c1-21(38)31(15-16-31)18-23-5-4-8-27(17-23)36-30(40)29(24-6-2-3-7-24)25-11-9-22(10-12-25)19-37-20-26(32(33,34)35)13-14-28(37)39/h4-5,8-14,17,20,24,29,38H,1-3,6-7,15-16,18-19H2,(H,36,40)/t29-/m0/s1. The number of alkyl halides is 3. The zero-order chi connectivity index (χ0) is 28.5. The van der Waals surface area contributed by atoms with Gasteiger partial charge in [-0.25, -0.2) is 0 Å². The van der Waals surface area contributed by atoms with Crippen LogP contribution >= 0.6 is 0 Å². The summed E-state index contributed by atoms with van der Waals surface area (Å²) >= 11 is 0. The van der Waals surface area contributed by atoms with E-state index in [0.717, 1.165) is 72.5 Å². The molecule has 5 rings (SSSR count). The fourth-order valence-electron chi connectivity index (χ4n) is 5.87. The minimum absolute atomic E-state index is 0.00211. The molecule has 0 spiro atoms. The van der Waals surface area contributed by atoms with Crippen molar-refractivity contribution in [3.05, 3.63) is 112 Å². The summed E-state index contributed by atoms with van der Waals surface area (Å²) in [6, 6.07) is 16.6. The van der Waals surface area contributed by atoms with Crippen molar-refractivity contribution < 1.29 is 23.1 Å². The molecule has 2 aromatic carbocycles. The van der Waals surface area contributed by atoms with E-state index in [-0.39, 0.29) is 35.5 Å². The Morgan fingerprint density at radius 3 is 2.38 bits per heavy atom. The molecule has 1 heterocycles. The maximum Gasteiger partial charge on any atom is 0.417 e. The van der Waals surface area contributed by atoms with E-state index in [1.54, 1.807) is 12.1 Å². The summed E-state index contributed by atoms with van der Waals surface area (Å²) in [5.74, 6) is -0.0701. The van der Waals surface area contributed by atoms with Crippen LogP contribution in [0.3, 0.4) is 0 Å². The molecule has 2 aliphatic carbocycles. The molecule has 40 heavy (non-hydrogen) atoms. The van der Waals surface area contributed by atoms with Gasteiger partial charge in [0.15, 0.2) is 0 Å². The maximum atomic E-state index is 13.7. The lowest BCUT2D eigenvalue weighted by Gasteiger charge is -2.24. The van der Waals surface area contributed by atoms with Gasteiger partial charge < -0.3 is 15.0 Å². The smallest absolute Gasteiger partial charge is 0.417 e. The number of rotatable bonds is 9. The molecule has 5 nitrogen and oxygen atoms in total. The largest absolute Gasteiger partial charge is 0.512 e. The van der Waals surface area contributed by atoms with Gasteiger partial charge in [-0.2, -0.15) is 13.2 Å². The van der Waals surface area contributed by atoms with Crippen LogP contribution in [0, 0.1) is 11.3 Å². The lowest BCUT2D eigenvalue weighted by atomic mass is 9.83. The average Bonchev–Trinajstić information content (AvgIpc) is 3.49. The molecule has 1 atom stereocenters. The SMILES string of the molecule is C=C(O)C1(Cc2cccc(NC(=O)[C@H](c3ccc(Cn4cc(C(F)(F)F)ccc4=O)cc3)C3CCCC3)c2)CC1. The van der Waals surface area contributed by atoms with Crippen molar-refractivity contribution in [3.8, 4) is 0 Å². The number of aromatic nitrogens is 1. The van der Waals surface area contributed by atoms with Crippen molar-refractivity contribution in [3.63, 3.8) is 0 Å². The number of aliphatic hydroxyl groups excluding tert-OH is 1. The van der Waals surface area contributed by atoms with Gasteiger partial charge in [0, 0.05) is 23.4 Å². The molecule has 0 radical (unpaired) electrons. The van der Waals surface area contributed by atoms with Crippen molar-refractivity contribution in [1.29, 1.82) is 0 Å². The molecule has 0 aliphatic heterocycles. The quantitative estimate of drug-likeness (QED) is 0.276. The van der Waals surface area contributed by atoms with E-state index in [9.17, 15) is 27.9 Å². The topological polar surface area (TPSA) is 71.3 Å². The number of nitrogens with one attached hydrogen (secondary N) is 1. The van der Waals surface area contributed by atoms with E-state index in [4.69, 9.17) is 0 Å². The number of allylic oxidation sites excluding steroid dienone is 1. The van der Waals surface area contributed by atoms with Crippen molar-refractivity contribution in [1.82, 2.24) is 4.57 Å². The molecular formula is C32H33F3N2O3. The Balaban J connectivity index is 1.33. The third-order valence-corrected chi connectivity index (χ3v) is 8.36. The van der Waals surface area contributed by atoms with Crippen LogP contribution < -0.4 is 10.9 Å². The number of carbonyl (C=O) groups excluding carboxylic acids is 1. The van der Waals surface area contributed by atoms with Crippen LogP contribution in [0.1, 0.15) is 66.7 Å². The van der Waals surface area contributed by atoms with E-state index in [1.807, 2.05) is 36.4 Å². The van der Waals surface area contributed by atoms with Gasteiger partial charge in [0.05, 0.1) is 23.8 Å². The van der Waals surface area contributed by atoms with Crippen LogP contribution in [-0.4, -0.2) is 15.6 Å². The maximum absolute atomic E-state index is 13.7. The number of carbonyl (C=O) groups is 1. The van der Waals surface area contributed by atoms with Gasteiger partial charge >= 0.3 is 6.18 Å². The summed E-state index contributed by atoms with van der Waals surface area (Å²) in [7, 11) is 0. The van der Waals surface area contributed by atoms with Gasteiger partial charge in [0.1, 0.15) is 0 Å². The van der Waals surface area contributed by atoms with Gasteiger partial charge in [0.25, 0.3) is 5.56 Å². The molecule has 2 N–H and O–H groups in total. The normalized spacial score (nSPS) is 17.4. The molecular weight excluding hydrogens is 517 g/mol. The molecule has 210 valence electrons. The van der Waals surface area contributed by atoms with E-state index < -0.39 is 17.3 Å². The van der Waals surface area contributed by atoms with Crippen LogP contribution in [0.15, 0.2) is 84.0 Å². The Kier molecular flexibility index (Phi) is 7.62. The molecule has 3 aromatic rings. The third kappa shape index (κ3) is 6.16. The van der Waals surface area contributed by atoms with Crippen LogP contribution in [0.2, 0.25) is 0 Å². The summed E-state index contributed by atoms with van der Waals surface area (Å²) < 4.78 is 40.4. The second kappa shape index (κ2) is 11.0. The molecule has 2 aliphatic rings.